The van der Waals surface area contributed by atoms with Crippen LogP contribution < -0.4 is 21.0 Å². The van der Waals surface area contributed by atoms with Gasteiger partial charge < -0.3 is 20.2 Å². The fraction of sp³-hybridized carbons (Fsp3) is 0.368. The molecule has 2 heterocycles. The molecule has 11 heteroatoms. The number of amides is 1. The Hall–Kier alpha value is -4.19. The van der Waals surface area contributed by atoms with Crippen LogP contribution in [0.3, 0.4) is 0 Å². The van der Waals surface area contributed by atoms with E-state index < -0.39 is 37.7 Å². The van der Waals surface area contributed by atoms with Gasteiger partial charge in [-0.05, 0) is 66.7 Å². The number of hydrogen-bond donors (Lipinski definition) is 2. The molecule has 0 aliphatic carbocycles. The van der Waals surface area contributed by atoms with Crippen LogP contribution >= 0.6 is 0 Å². The van der Waals surface area contributed by atoms with E-state index in [2.05, 4.69) is 74.4 Å². The van der Waals surface area contributed by atoms with Crippen molar-refractivity contribution in [3.05, 3.63) is 108 Å². The molecule has 0 fully saturated rings. The molecule has 0 bridgehead atoms. The number of carbonyl (C=O) groups is 1. The number of primary amides is 1. The van der Waals surface area contributed by atoms with Crippen molar-refractivity contribution in [2.75, 3.05) is 11.5 Å². The Bertz CT molecular complexity index is 1780. The lowest BCUT2D eigenvalue weighted by atomic mass is 9.93. The normalized spacial score (nSPS) is 15.9. The van der Waals surface area contributed by atoms with Gasteiger partial charge in [0.1, 0.15) is 11.7 Å². The third-order valence-corrected chi connectivity index (χ3v) is 14.1. The van der Waals surface area contributed by atoms with Gasteiger partial charge in [0.05, 0.1) is 11.1 Å². The molecule has 1 unspecified atom stereocenters. The molecule has 3 N–H and O–H groups in total. The Labute approximate surface area is 287 Å². The van der Waals surface area contributed by atoms with E-state index in [1.807, 2.05) is 12.1 Å². The monoisotopic (exact) mass is 690 g/mol. The highest BCUT2D eigenvalue weighted by Gasteiger charge is 2.50. The summed E-state index contributed by atoms with van der Waals surface area (Å²) < 4.78 is 51.4. The summed E-state index contributed by atoms with van der Waals surface area (Å²) in [6, 6.07) is 22.8. The number of anilines is 1. The maximum atomic E-state index is 14.2. The SMILES string of the molecule is CC(C)(O)c1cc2nn(CCCCCO[Si](c3ccccc3)(c3ccccc3)C(C)(C)C)cc2cc1N1C(C(F)(F)F)=CC=CC1C(N)=O. The smallest absolute Gasteiger partial charge is 0.407 e. The number of carbonyl (C=O) groups excluding carboxylic acids is 1. The highest BCUT2D eigenvalue weighted by Crippen LogP contribution is 2.42. The molecule has 260 valence electrons. The molecule has 7 nitrogen and oxygen atoms in total. The molecule has 1 aliphatic heterocycles. The summed E-state index contributed by atoms with van der Waals surface area (Å²) >= 11 is 0. The Morgan fingerprint density at radius 2 is 1.55 bits per heavy atom. The van der Waals surface area contributed by atoms with Gasteiger partial charge in [0.25, 0.3) is 8.32 Å². The van der Waals surface area contributed by atoms with Crippen LogP contribution in [0.2, 0.25) is 5.04 Å². The van der Waals surface area contributed by atoms with Crippen LogP contribution in [-0.4, -0.2) is 47.9 Å². The molecular formula is C38H45F3N4O3Si. The van der Waals surface area contributed by atoms with E-state index in [1.165, 1.54) is 36.4 Å². The number of aryl methyl sites for hydroxylation is 1. The third kappa shape index (κ3) is 7.53. The molecule has 1 atom stereocenters. The zero-order chi connectivity index (χ0) is 35.6. The molecular weight excluding hydrogens is 646 g/mol. The van der Waals surface area contributed by atoms with Crippen LogP contribution in [0.25, 0.3) is 10.9 Å². The van der Waals surface area contributed by atoms with Gasteiger partial charge in [0.15, 0.2) is 0 Å². The lowest BCUT2D eigenvalue weighted by Gasteiger charge is -2.43. The van der Waals surface area contributed by atoms with Gasteiger partial charge in [-0.15, -0.1) is 0 Å². The van der Waals surface area contributed by atoms with Gasteiger partial charge in [-0.25, -0.2) is 0 Å². The molecule has 0 spiro atoms. The first kappa shape index (κ1) is 36.1. The Morgan fingerprint density at radius 1 is 0.939 bits per heavy atom. The summed E-state index contributed by atoms with van der Waals surface area (Å²) in [5.41, 5.74) is 3.73. The number of hydrogen-bond acceptors (Lipinski definition) is 5. The molecule has 1 amide bonds. The van der Waals surface area contributed by atoms with Crippen molar-refractivity contribution in [3.8, 4) is 0 Å². The standard InChI is InChI=1S/C38H45F3N4O3Si/c1-36(2,3)49(28-16-9-6-10-17-28,29-18-11-7-12-19-29)48-23-14-8-13-22-44-26-27-24-33(30(37(4,5)47)25-31(27)43-44)45-32(35(42)46)20-15-21-34(45)38(39,40)41/h6-7,9-12,15-21,24-26,32,47H,8,13-14,22-23H2,1-5H3,(H2,42,46). The lowest BCUT2D eigenvalue weighted by molar-refractivity contribution is -0.119. The number of aromatic nitrogens is 2. The first-order chi connectivity index (χ1) is 23.0. The first-order valence-electron chi connectivity index (χ1n) is 16.6. The van der Waals surface area contributed by atoms with Crippen molar-refractivity contribution in [1.29, 1.82) is 0 Å². The predicted octanol–water partition coefficient (Wildman–Crippen LogP) is 6.69. The number of benzene rings is 3. The van der Waals surface area contributed by atoms with E-state index >= 15 is 0 Å². The maximum Gasteiger partial charge on any atom is 0.431 e. The number of aliphatic hydroxyl groups is 1. The van der Waals surface area contributed by atoms with Crippen molar-refractivity contribution in [1.82, 2.24) is 9.78 Å². The van der Waals surface area contributed by atoms with Crippen LogP contribution in [0, 0.1) is 0 Å². The number of nitrogens with zero attached hydrogens (tertiary/aromatic N) is 3. The Balaban J connectivity index is 1.34. The molecule has 5 rings (SSSR count). The van der Waals surface area contributed by atoms with Crippen molar-refractivity contribution in [2.24, 2.45) is 5.73 Å². The van der Waals surface area contributed by atoms with E-state index in [4.69, 9.17) is 10.2 Å². The quantitative estimate of drug-likeness (QED) is 0.128. The van der Waals surface area contributed by atoms with Crippen molar-refractivity contribution < 1.29 is 27.5 Å². The summed E-state index contributed by atoms with van der Waals surface area (Å²) in [5.74, 6) is -0.942. The van der Waals surface area contributed by atoms with Gasteiger partial charge >= 0.3 is 6.18 Å². The molecule has 1 aliphatic rings. The second-order valence-electron chi connectivity index (χ2n) is 14.1. The van der Waals surface area contributed by atoms with E-state index in [9.17, 15) is 23.1 Å². The van der Waals surface area contributed by atoms with Gasteiger partial charge in [-0.2, -0.15) is 18.3 Å². The van der Waals surface area contributed by atoms with Gasteiger partial charge in [-0.3, -0.25) is 9.48 Å². The van der Waals surface area contributed by atoms with Gasteiger partial charge in [-0.1, -0.05) is 93.6 Å². The van der Waals surface area contributed by atoms with Crippen molar-refractivity contribution in [3.63, 3.8) is 0 Å². The number of allylic oxidation sites excluding steroid dienone is 3. The molecule has 3 aromatic carbocycles. The van der Waals surface area contributed by atoms with Crippen LogP contribution in [0.4, 0.5) is 18.9 Å². The minimum absolute atomic E-state index is 0.0387. The second-order valence-corrected chi connectivity index (χ2v) is 18.4. The molecule has 0 saturated carbocycles. The number of halogens is 3. The van der Waals surface area contributed by atoms with Crippen molar-refractivity contribution >= 4 is 41.2 Å². The van der Waals surface area contributed by atoms with Gasteiger partial charge in [0.2, 0.25) is 5.91 Å². The van der Waals surface area contributed by atoms with E-state index in [0.717, 1.165) is 30.2 Å². The maximum absolute atomic E-state index is 14.2. The van der Waals surface area contributed by atoms with Crippen LogP contribution in [-0.2, 0) is 21.4 Å². The highest BCUT2D eigenvalue weighted by atomic mass is 28.4. The number of rotatable bonds is 12. The largest absolute Gasteiger partial charge is 0.431 e. The topological polar surface area (TPSA) is 93.6 Å². The average Bonchev–Trinajstić information content (AvgIpc) is 3.45. The predicted molar refractivity (Wildman–Crippen MR) is 191 cm³/mol. The zero-order valence-corrected chi connectivity index (χ0v) is 29.7. The van der Waals surface area contributed by atoms with Crippen LogP contribution in [0.15, 0.2) is 103 Å². The first-order valence-corrected chi connectivity index (χ1v) is 18.5. The second kappa shape index (κ2) is 14.0. The van der Waals surface area contributed by atoms with Crippen LogP contribution in [0.1, 0.15) is 59.4 Å². The van der Waals surface area contributed by atoms with E-state index in [1.54, 1.807) is 23.0 Å². The fourth-order valence-corrected chi connectivity index (χ4v) is 11.4. The van der Waals surface area contributed by atoms with E-state index in [0.29, 0.717) is 24.1 Å². The number of alkyl halides is 3. The molecule has 49 heavy (non-hydrogen) atoms. The summed E-state index contributed by atoms with van der Waals surface area (Å²) in [5, 5.41) is 18.7. The lowest BCUT2D eigenvalue weighted by Crippen LogP contribution is -2.66. The Morgan fingerprint density at radius 3 is 2.08 bits per heavy atom. The molecule has 0 saturated heterocycles. The van der Waals surface area contributed by atoms with E-state index in [-0.39, 0.29) is 16.3 Å². The minimum atomic E-state index is -4.77. The van der Waals surface area contributed by atoms with Crippen LogP contribution in [0.5, 0.6) is 0 Å². The summed E-state index contributed by atoms with van der Waals surface area (Å²) in [6.07, 6.45) is 2.95. The molecule has 4 aromatic rings. The third-order valence-electron chi connectivity index (χ3n) is 9.02. The summed E-state index contributed by atoms with van der Waals surface area (Å²) in [4.78, 5) is 13.2. The molecule has 0 radical (unpaired) electrons. The number of fused-ring (bicyclic) bond motifs is 1. The van der Waals surface area contributed by atoms with Gasteiger partial charge in [0, 0.05) is 36.0 Å². The number of nitrogens with two attached hydrogens (primary N) is 1. The zero-order valence-electron chi connectivity index (χ0n) is 28.7. The molecule has 1 aromatic heterocycles. The number of unbranched alkanes of at least 4 members (excludes halogenated alkanes) is 2. The average molecular weight is 691 g/mol. The fourth-order valence-electron chi connectivity index (χ4n) is 6.76. The Kier molecular flexibility index (Phi) is 10.3. The summed E-state index contributed by atoms with van der Waals surface area (Å²) in [7, 11) is -2.61. The minimum Gasteiger partial charge on any atom is -0.407 e. The summed E-state index contributed by atoms with van der Waals surface area (Å²) in [6.45, 7) is 10.9. The highest BCUT2D eigenvalue weighted by molar-refractivity contribution is 6.99. The van der Waals surface area contributed by atoms with Crippen molar-refractivity contribution in [2.45, 2.75) is 83.3 Å².